The number of amides is 1. The van der Waals surface area contributed by atoms with Crippen molar-refractivity contribution in [2.45, 2.75) is 38.8 Å². The van der Waals surface area contributed by atoms with Crippen LogP contribution in [-0.4, -0.2) is 57.6 Å². The normalized spacial score (nSPS) is 21.8. The summed E-state index contributed by atoms with van der Waals surface area (Å²) in [5.41, 5.74) is 1.86. The summed E-state index contributed by atoms with van der Waals surface area (Å²) < 4.78 is 77.7. The van der Waals surface area contributed by atoms with Crippen molar-refractivity contribution in [3.63, 3.8) is 0 Å². The molecule has 11 nitrogen and oxygen atoms in total. The van der Waals surface area contributed by atoms with E-state index in [-0.39, 0.29) is 31.3 Å². The highest BCUT2D eigenvalue weighted by Gasteiger charge is 2.45. The van der Waals surface area contributed by atoms with Crippen molar-refractivity contribution < 1.29 is 55.6 Å². The monoisotopic (exact) mass is 610 g/mol. The van der Waals surface area contributed by atoms with Crippen LogP contribution >= 0.6 is 7.82 Å². The molecule has 3 aromatic rings. The Labute approximate surface area is 238 Å². The highest BCUT2D eigenvalue weighted by atomic mass is 31.2. The molecule has 42 heavy (non-hydrogen) atoms. The van der Waals surface area contributed by atoms with Gasteiger partial charge in [-0.1, -0.05) is 6.07 Å². The Kier molecular flexibility index (Phi) is 8.19. The fourth-order valence-electron chi connectivity index (χ4n) is 5.03. The zero-order valence-electron chi connectivity index (χ0n) is 22.7. The van der Waals surface area contributed by atoms with Crippen LogP contribution in [0.5, 0.6) is 5.75 Å². The Bertz CT molecular complexity index is 1580. The summed E-state index contributed by atoms with van der Waals surface area (Å²) in [4.78, 5) is 33.1. The number of nitrogens with zero attached hydrogens (tertiary/aromatic N) is 3. The van der Waals surface area contributed by atoms with E-state index in [0.717, 1.165) is 12.1 Å². The highest BCUT2D eigenvalue weighted by molar-refractivity contribution is 7.46. The average Bonchev–Trinajstić information content (AvgIpc) is 3.32. The van der Waals surface area contributed by atoms with E-state index in [1.165, 1.54) is 22.7 Å². The van der Waals surface area contributed by atoms with Gasteiger partial charge in [-0.05, 0) is 48.4 Å². The summed E-state index contributed by atoms with van der Waals surface area (Å²) in [6, 6.07) is 5.42. The van der Waals surface area contributed by atoms with Crippen LogP contribution in [0.2, 0.25) is 0 Å². The predicted octanol–water partition coefficient (Wildman–Crippen LogP) is 3.29. The predicted molar refractivity (Wildman–Crippen MR) is 139 cm³/mol. The molecule has 0 radical (unpaired) electrons. The maximum atomic E-state index is 14.0. The molecule has 5 rings (SSSR count). The van der Waals surface area contributed by atoms with Crippen molar-refractivity contribution in [3.8, 4) is 11.4 Å². The molecule has 3 heterocycles. The maximum absolute atomic E-state index is 14.0. The molecule has 0 saturated carbocycles. The number of aryl methyl sites for hydroxylation is 1. The number of aromatic nitrogens is 2. The van der Waals surface area contributed by atoms with Gasteiger partial charge in [0, 0.05) is 6.92 Å². The van der Waals surface area contributed by atoms with Crippen molar-refractivity contribution in [3.05, 3.63) is 82.9 Å². The van der Waals surface area contributed by atoms with Crippen LogP contribution in [0.4, 0.5) is 13.2 Å². The highest BCUT2D eigenvalue weighted by Crippen LogP contribution is 2.37. The minimum atomic E-state index is -4.66. The fourth-order valence-corrected chi connectivity index (χ4v) is 5.30. The minimum absolute atomic E-state index is 0.00672. The van der Waals surface area contributed by atoms with Crippen molar-refractivity contribution in [1.82, 2.24) is 9.47 Å². The number of rotatable bonds is 7. The molecule has 0 unspecified atom stereocenters. The number of imidazole rings is 1. The van der Waals surface area contributed by atoms with E-state index in [0.29, 0.717) is 22.7 Å². The lowest BCUT2D eigenvalue weighted by atomic mass is 9.97. The molecule has 2 aromatic carbocycles. The Morgan fingerprint density at radius 2 is 1.88 bits per heavy atom. The third-order valence-corrected chi connectivity index (χ3v) is 7.59. The van der Waals surface area contributed by atoms with Gasteiger partial charge in [0.25, 0.3) is 12.2 Å². The van der Waals surface area contributed by atoms with Gasteiger partial charge in [-0.15, -0.1) is 0 Å². The van der Waals surface area contributed by atoms with Gasteiger partial charge in [-0.3, -0.25) is 4.79 Å². The number of halogens is 3. The second-order valence-electron chi connectivity index (χ2n) is 9.91. The van der Waals surface area contributed by atoms with Crippen molar-refractivity contribution >= 4 is 19.8 Å². The molecule has 3 atom stereocenters. The molecule has 15 heteroatoms. The first-order valence-electron chi connectivity index (χ1n) is 12.8. The number of benzene rings is 2. The second kappa shape index (κ2) is 11.5. The summed E-state index contributed by atoms with van der Waals surface area (Å²) in [7, 11) is -3.20. The Balaban J connectivity index is 1.44. The van der Waals surface area contributed by atoms with E-state index < -0.39 is 49.4 Å². The summed E-state index contributed by atoms with van der Waals surface area (Å²) >= 11 is 0. The van der Waals surface area contributed by atoms with Gasteiger partial charge in [0.15, 0.2) is 34.6 Å². The molecule has 2 aliphatic rings. The molecule has 2 N–H and O–H groups in total. The lowest BCUT2D eigenvalue weighted by Crippen LogP contribution is -2.59. The number of phosphoric acid groups is 1. The van der Waals surface area contributed by atoms with Gasteiger partial charge >= 0.3 is 7.82 Å². The van der Waals surface area contributed by atoms with Crippen molar-refractivity contribution in [1.29, 1.82) is 0 Å². The molecule has 2 saturated heterocycles. The summed E-state index contributed by atoms with van der Waals surface area (Å²) in [5.74, 6) is -4.42. The molecule has 2 fully saturated rings. The maximum Gasteiger partial charge on any atom is 0.472 e. The molecule has 1 aromatic heterocycles. The number of fused-ring (bicyclic) bond motifs is 1. The SMILES string of the molecule is COc1cc(C=C2O[C@@H](C)[C@H]3COC[C@@H](c4cc(F)c(F)c(F)c4)N3C2=O)ccc1-[n+]1cc(C)n(COP(=O)(O)O)c1. The smallest absolute Gasteiger partial charge is 0.472 e. The van der Waals surface area contributed by atoms with E-state index in [2.05, 4.69) is 4.52 Å². The van der Waals surface area contributed by atoms with Crippen molar-refractivity contribution in [2.24, 2.45) is 0 Å². The molecule has 2 aliphatic heterocycles. The average molecular weight is 611 g/mol. The number of morpholine rings is 2. The van der Waals surface area contributed by atoms with E-state index in [1.54, 1.807) is 49.1 Å². The number of carbonyl (C=O) groups is 1. The van der Waals surface area contributed by atoms with E-state index in [1.807, 2.05) is 0 Å². The second-order valence-corrected chi connectivity index (χ2v) is 11.1. The van der Waals surface area contributed by atoms with Crippen molar-refractivity contribution in [2.75, 3.05) is 20.3 Å². The molecule has 0 bridgehead atoms. The van der Waals surface area contributed by atoms with Gasteiger partial charge in [-0.25, -0.2) is 26.8 Å². The molecular formula is C27H28F3N3O8P+. The third-order valence-electron chi connectivity index (χ3n) is 7.14. The van der Waals surface area contributed by atoms with Crippen LogP contribution in [0.3, 0.4) is 0 Å². The Morgan fingerprint density at radius 3 is 2.55 bits per heavy atom. The standard InChI is InChI=1S/C27H27F3N3O8P/c1-15-10-31(13-32(15)14-40-42(35,36)37)21-5-4-17(6-24(21)38-3)7-25-27(34)33-22(16(2)41-25)11-39-12-23(33)18-8-19(28)26(30)20(29)9-18/h4-10,13,16,22-23H,11-12,14H2,1-3H3,(H-,35,36,37)/p+1/t16-,22+,23-/m0/s1. The van der Waals surface area contributed by atoms with Crippen LogP contribution in [-0.2, 0) is 30.1 Å². The van der Waals surface area contributed by atoms with Gasteiger partial charge in [-0.2, -0.15) is 4.57 Å². The number of carbonyl (C=O) groups excluding carboxylic acids is 1. The van der Waals surface area contributed by atoms with E-state index >= 15 is 0 Å². The number of methoxy groups -OCH3 is 1. The Hall–Kier alpha value is -3.68. The topological polar surface area (TPSA) is 124 Å². The number of phosphoric ester groups is 1. The lowest BCUT2D eigenvalue weighted by Gasteiger charge is -2.47. The Morgan fingerprint density at radius 1 is 1.17 bits per heavy atom. The first kappa shape index (κ1) is 29.8. The van der Waals surface area contributed by atoms with Gasteiger partial charge in [0.2, 0.25) is 6.73 Å². The molecule has 1 amide bonds. The minimum Gasteiger partial charge on any atom is -0.492 e. The third kappa shape index (κ3) is 5.94. The van der Waals surface area contributed by atoms with Crippen LogP contribution in [0.1, 0.15) is 29.8 Å². The first-order chi connectivity index (χ1) is 19.9. The van der Waals surface area contributed by atoms with E-state index in [9.17, 15) is 22.5 Å². The molecule has 224 valence electrons. The van der Waals surface area contributed by atoms with E-state index in [4.69, 9.17) is 24.0 Å². The first-order valence-corrected chi connectivity index (χ1v) is 14.3. The van der Waals surface area contributed by atoms with Crippen LogP contribution in [0, 0.1) is 24.4 Å². The van der Waals surface area contributed by atoms with Gasteiger partial charge < -0.3 is 28.9 Å². The number of ether oxygens (including phenoxy) is 3. The lowest BCUT2D eigenvalue weighted by molar-refractivity contribution is -0.596. The fraction of sp³-hybridized carbons (Fsp3) is 0.333. The summed E-state index contributed by atoms with van der Waals surface area (Å²) in [6.07, 6.45) is 4.29. The van der Waals surface area contributed by atoms with Gasteiger partial charge in [0.1, 0.15) is 18.0 Å². The van der Waals surface area contributed by atoms with Crippen LogP contribution in [0.25, 0.3) is 11.8 Å². The zero-order chi connectivity index (χ0) is 30.3. The van der Waals surface area contributed by atoms with Crippen LogP contribution < -0.4 is 9.30 Å². The quantitative estimate of drug-likeness (QED) is 0.181. The van der Waals surface area contributed by atoms with Crippen LogP contribution in [0.15, 0.2) is 48.6 Å². The number of hydrogen-bond donors (Lipinski definition) is 2. The largest absolute Gasteiger partial charge is 0.492 e. The molecular weight excluding hydrogens is 582 g/mol. The number of hydrogen-bond acceptors (Lipinski definition) is 6. The summed E-state index contributed by atoms with van der Waals surface area (Å²) in [6.45, 7) is 3.23. The zero-order valence-corrected chi connectivity index (χ0v) is 23.6. The molecule has 0 aliphatic carbocycles. The molecule has 0 spiro atoms. The van der Waals surface area contributed by atoms with Gasteiger partial charge in [0.05, 0.1) is 32.4 Å². The summed E-state index contributed by atoms with van der Waals surface area (Å²) in [5, 5.41) is 0.